The van der Waals surface area contributed by atoms with Gasteiger partial charge in [-0.1, -0.05) is 28.1 Å². The molecule has 0 saturated carbocycles. The Labute approximate surface area is 109 Å². The lowest BCUT2D eigenvalue weighted by Crippen LogP contribution is -1.93. The Hall–Kier alpha value is -1.79. The van der Waals surface area contributed by atoms with E-state index in [1.54, 1.807) is 6.07 Å². The van der Waals surface area contributed by atoms with E-state index < -0.39 is 0 Å². The van der Waals surface area contributed by atoms with Crippen molar-refractivity contribution in [2.24, 2.45) is 0 Å². The summed E-state index contributed by atoms with van der Waals surface area (Å²) in [4.78, 5) is 0. The van der Waals surface area contributed by atoms with Crippen molar-refractivity contribution in [1.82, 2.24) is 0 Å². The highest BCUT2D eigenvalue weighted by molar-refractivity contribution is 9.10. The van der Waals surface area contributed by atoms with Crippen molar-refractivity contribution in [3.05, 3.63) is 58.1 Å². The van der Waals surface area contributed by atoms with Gasteiger partial charge in [-0.3, -0.25) is 0 Å². The number of nitriles is 1. The Bertz CT molecular complexity index is 585. The van der Waals surface area contributed by atoms with Crippen LogP contribution in [0.25, 0.3) is 0 Å². The standard InChI is InChI=1S/C14H11BrN2/c1-10-5-6-12(15)8-14(10)17-13-4-2-3-11(7-13)9-16/h2-8,17H,1H3. The molecule has 0 bridgehead atoms. The van der Waals surface area contributed by atoms with Gasteiger partial charge in [0, 0.05) is 15.8 Å². The van der Waals surface area contributed by atoms with E-state index in [1.807, 2.05) is 43.3 Å². The van der Waals surface area contributed by atoms with Gasteiger partial charge >= 0.3 is 0 Å². The summed E-state index contributed by atoms with van der Waals surface area (Å²) in [7, 11) is 0. The van der Waals surface area contributed by atoms with Crippen molar-refractivity contribution >= 4 is 27.3 Å². The molecule has 2 nitrogen and oxygen atoms in total. The van der Waals surface area contributed by atoms with Crippen LogP contribution >= 0.6 is 15.9 Å². The molecule has 0 fully saturated rings. The maximum Gasteiger partial charge on any atom is 0.0992 e. The van der Waals surface area contributed by atoms with Crippen LogP contribution in [-0.2, 0) is 0 Å². The number of nitrogens with one attached hydrogen (secondary N) is 1. The normalized spacial score (nSPS) is 9.71. The van der Waals surface area contributed by atoms with Crippen LogP contribution in [0, 0.1) is 18.3 Å². The summed E-state index contributed by atoms with van der Waals surface area (Å²) in [6.45, 7) is 2.04. The number of halogens is 1. The summed E-state index contributed by atoms with van der Waals surface area (Å²) in [5.41, 5.74) is 3.78. The molecule has 0 heterocycles. The van der Waals surface area contributed by atoms with E-state index >= 15 is 0 Å². The molecule has 0 unspecified atom stereocenters. The fraction of sp³-hybridized carbons (Fsp3) is 0.0714. The lowest BCUT2D eigenvalue weighted by molar-refractivity contribution is 1.41. The number of hydrogen-bond donors (Lipinski definition) is 1. The highest BCUT2D eigenvalue weighted by Gasteiger charge is 2.00. The second kappa shape index (κ2) is 5.03. The molecule has 0 aliphatic heterocycles. The number of rotatable bonds is 2. The molecule has 0 saturated heterocycles. The molecule has 2 aromatic carbocycles. The lowest BCUT2D eigenvalue weighted by atomic mass is 10.1. The molecule has 2 rings (SSSR count). The highest BCUT2D eigenvalue weighted by atomic mass is 79.9. The van der Waals surface area contributed by atoms with E-state index in [2.05, 4.69) is 27.3 Å². The van der Waals surface area contributed by atoms with Crippen molar-refractivity contribution in [3.8, 4) is 6.07 Å². The molecular weight excluding hydrogens is 276 g/mol. The molecule has 3 heteroatoms. The van der Waals surface area contributed by atoms with Gasteiger partial charge in [-0.25, -0.2) is 0 Å². The van der Waals surface area contributed by atoms with Crippen molar-refractivity contribution in [1.29, 1.82) is 5.26 Å². The topological polar surface area (TPSA) is 35.8 Å². The quantitative estimate of drug-likeness (QED) is 0.890. The van der Waals surface area contributed by atoms with Crippen molar-refractivity contribution in [3.63, 3.8) is 0 Å². The monoisotopic (exact) mass is 286 g/mol. The first-order valence-electron chi connectivity index (χ1n) is 5.22. The molecule has 2 aromatic rings. The summed E-state index contributed by atoms with van der Waals surface area (Å²) in [5.74, 6) is 0. The van der Waals surface area contributed by atoms with Gasteiger partial charge in [-0.2, -0.15) is 5.26 Å². The number of anilines is 2. The third kappa shape index (κ3) is 2.86. The van der Waals surface area contributed by atoms with Gasteiger partial charge in [0.2, 0.25) is 0 Å². The molecular formula is C14H11BrN2. The second-order valence-electron chi connectivity index (χ2n) is 3.78. The average molecular weight is 287 g/mol. The number of benzene rings is 2. The van der Waals surface area contributed by atoms with E-state index in [1.165, 1.54) is 0 Å². The fourth-order valence-corrected chi connectivity index (χ4v) is 1.91. The van der Waals surface area contributed by atoms with E-state index in [0.717, 1.165) is 21.4 Å². The van der Waals surface area contributed by atoms with Crippen LogP contribution in [0.15, 0.2) is 46.9 Å². The molecule has 84 valence electrons. The summed E-state index contributed by atoms with van der Waals surface area (Å²) in [5, 5.41) is 12.1. The van der Waals surface area contributed by atoms with Crippen molar-refractivity contribution in [2.75, 3.05) is 5.32 Å². The van der Waals surface area contributed by atoms with E-state index in [4.69, 9.17) is 5.26 Å². The first-order valence-corrected chi connectivity index (χ1v) is 6.01. The van der Waals surface area contributed by atoms with Crippen LogP contribution in [0.2, 0.25) is 0 Å². The molecule has 0 spiro atoms. The Morgan fingerprint density at radius 2 is 2.00 bits per heavy atom. The van der Waals surface area contributed by atoms with Gasteiger partial charge in [-0.05, 0) is 42.8 Å². The van der Waals surface area contributed by atoms with Gasteiger partial charge in [0.25, 0.3) is 0 Å². The van der Waals surface area contributed by atoms with Crippen LogP contribution in [0.1, 0.15) is 11.1 Å². The minimum absolute atomic E-state index is 0.655. The summed E-state index contributed by atoms with van der Waals surface area (Å²) in [6, 6.07) is 15.6. The molecule has 0 aliphatic carbocycles. The molecule has 17 heavy (non-hydrogen) atoms. The SMILES string of the molecule is Cc1ccc(Br)cc1Nc1cccc(C#N)c1. The summed E-state index contributed by atoms with van der Waals surface area (Å²) >= 11 is 3.45. The number of hydrogen-bond acceptors (Lipinski definition) is 2. The third-order valence-electron chi connectivity index (χ3n) is 2.47. The largest absolute Gasteiger partial charge is 0.355 e. The van der Waals surface area contributed by atoms with E-state index in [9.17, 15) is 0 Å². The van der Waals surface area contributed by atoms with Crippen LogP contribution in [0.3, 0.4) is 0 Å². The lowest BCUT2D eigenvalue weighted by Gasteiger charge is -2.10. The van der Waals surface area contributed by atoms with Crippen molar-refractivity contribution < 1.29 is 0 Å². The van der Waals surface area contributed by atoms with Crippen LogP contribution in [0.5, 0.6) is 0 Å². The van der Waals surface area contributed by atoms with Crippen LogP contribution in [0.4, 0.5) is 11.4 Å². The summed E-state index contributed by atoms with van der Waals surface area (Å²) in [6.07, 6.45) is 0. The Morgan fingerprint density at radius 3 is 2.76 bits per heavy atom. The minimum atomic E-state index is 0.655. The zero-order valence-electron chi connectivity index (χ0n) is 9.37. The molecule has 0 atom stereocenters. The average Bonchev–Trinajstić information content (AvgIpc) is 2.34. The molecule has 1 N–H and O–H groups in total. The number of aryl methyl sites for hydroxylation is 1. The maximum absolute atomic E-state index is 8.84. The van der Waals surface area contributed by atoms with E-state index in [0.29, 0.717) is 5.56 Å². The van der Waals surface area contributed by atoms with Gasteiger partial charge in [-0.15, -0.1) is 0 Å². The first-order chi connectivity index (χ1) is 8.19. The zero-order chi connectivity index (χ0) is 12.3. The summed E-state index contributed by atoms with van der Waals surface area (Å²) < 4.78 is 1.03. The predicted octanol–water partition coefficient (Wildman–Crippen LogP) is 4.37. The van der Waals surface area contributed by atoms with E-state index in [-0.39, 0.29) is 0 Å². The predicted molar refractivity (Wildman–Crippen MR) is 73.3 cm³/mol. The molecule has 0 radical (unpaired) electrons. The number of nitrogens with zero attached hydrogens (tertiary/aromatic N) is 1. The Kier molecular flexibility index (Phi) is 3.46. The molecule has 0 aliphatic rings. The first kappa shape index (κ1) is 11.7. The molecule has 0 aromatic heterocycles. The van der Waals surface area contributed by atoms with Gasteiger partial charge in [0.1, 0.15) is 0 Å². The maximum atomic E-state index is 8.84. The van der Waals surface area contributed by atoms with Crippen molar-refractivity contribution in [2.45, 2.75) is 6.92 Å². The minimum Gasteiger partial charge on any atom is -0.355 e. The third-order valence-corrected chi connectivity index (χ3v) is 2.96. The highest BCUT2D eigenvalue weighted by Crippen LogP contribution is 2.24. The molecule has 0 amide bonds. The van der Waals surface area contributed by atoms with Crippen LogP contribution < -0.4 is 5.32 Å². The smallest absolute Gasteiger partial charge is 0.0992 e. The Morgan fingerprint density at radius 1 is 1.18 bits per heavy atom. The van der Waals surface area contributed by atoms with Gasteiger partial charge < -0.3 is 5.32 Å². The second-order valence-corrected chi connectivity index (χ2v) is 4.69. The van der Waals surface area contributed by atoms with Crippen LogP contribution in [-0.4, -0.2) is 0 Å². The fourth-order valence-electron chi connectivity index (χ4n) is 1.55. The van der Waals surface area contributed by atoms with Gasteiger partial charge in [0.15, 0.2) is 0 Å². The Balaban J connectivity index is 2.31. The van der Waals surface area contributed by atoms with Gasteiger partial charge in [0.05, 0.1) is 11.6 Å². The zero-order valence-corrected chi connectivity index (χ0v) is 11.0.